The molecule has 0 aromatic heterocycles. The highest BCUT2D eigenvalue weighted by Crippen LogP contribution is 2.63. The molecule has 0 fully saturated rings. The summed E-state index contributed by atoms with van der Waals surface area (Å²) in [5, 5.41) is 1.89. The number of fused-ring (bicyclic) bond motifs is 14. The van der Waals surface area contributed by atoms with Crippen LogP contribution in [0.3, 0.4) is 0 Å². The zero-order valence-electron chi connectivity index (χ0n) is 51.4. The second-order valence-electron chi connectivity index (χ2n) is 16.2. The number of nitrogens with zero attached hydrogens (tertiary/aromatic N) is 1. The molecule has 10 aromatic carbocycles. The van der Waals surface area contributed by atoms with Crippen molar-refractivity contribution >= 4 is 27.8 Å². The van der Waals surface area contributed by atoms with Gasteiger partial charge in [0.25, 0.3) is 0 Å². The SMILES string of the molecule is [2H]c1c([2H])c([2H])c(N(c2ccc(-c3ccc4ccccc4c3-c3ccc4c(c3)C3(c5ccccc5-c5ccccc53)c3ccccc3-4)cc2)c2c([2H])c([2H])c([2H])c3c2-c2c([2H])c([2H])c([2H])c([2H])c2C3(C([2H])([2H])[2H])C([2H])([2H])[2H])c([2H])c1[2H]. The lowest BCUT2D eigenvalue weighted by atomic mass is 9.70. The Hall–Kier alpha value is -7.74. The van der Waals surface area contributed by atoms with Crippen molar-refractivity contribution in [2.45, 2.75) is 24.5 Å². The topological polar surface area (TPSA) is 3.24 Å². The number of benzene rings is 10. The molecule has 0 saturated heterocycles. The van der Waals surface area contributed by atoms with E-state index < -0.39 is 131 Å². The van der Waals surface area contributed by atoms with Crippen molar-refractivity contribution in [3.8, 4) is 55.6 Å². The van der Waals surface area contributed by atoms with Crippen molar-refractivity contribution in [2.24, 2.45) is 0 Å². The van der Waals surface area contributed by atoms with Crippen LogP contribution in [0, 0.1) is 0 Å². The molecule has 3 aliphatic rings. The van der Waals surface area contributed by atoms with Crippen LogP contribution in [-0.2, 0) is 10.8 Å². The quantitative estimate of drug-likeness (QED) is 0.167. The van der Waals surface area contributed by atoms with Gasteiger partial charge in [0.2, 0.25) is 0 Å². The zero-order chi connectivity index (χ0) is 57.3. The Kier molecular flexibility index (Phi) is 4.75. The number of para-hydroxylation sites is 1. The fourth-order valence-electron chi connectivity index (χ4n) is 10.6. The first-order chi connectivity index (χ1) is 38.5. The van der Waals surface area contributed by atoms with Crippen molar-refractivity contribution in [1.82, 2.24) is 0 Å². The first-order valence-electron chi connectivity index (χ1n) is 29.7. The molecule has 0 unspecified atom stereocenters. The molecular formula is C62H43N. The van der Waals surface area contributed by atoms with Gasteiger partial charge in [-0.15, -0.1) is 0 Å². The largest absolute Gasteiger partial charge is 0.310 e. The van der Waals surface area contributed by atoms with E-state index >= 15 is 0 Å². The maximum Gasteiger partial charge on any atom is 0.0725 e. The summed E-state index contributed by atoms with van der Waals surface area (Å²) in [6, 6.07) is 39.9. The highest BCUT2D eigenvalue weighted by Gasteiger charge is 2.51. The number of hydrogen-bond donors (Lipinski definition) is 0. The van der Waals surface area contributed by atoms with Crippen molar-refractivity contribution in [3.63, 3.8) is 0 Å². The van der Waals surface area contributed by atoms with Gasteiger partial charge in [-0.1, -0.05) is 202 Å². The number of rotatable bonds is 5. The van der Waals surface area contributed by atoms with Crippen LogP contribution in [0.15, 0.2) is 224 Å². The highest BCUT2D eigenvalue weighted by atomic mass is 15.1. The molecule has 1 heteroatoms. The minimum absolute atomic E-state index is 0.0362. The molecule has 63 heavy (non-hydrogen) atoms. The molecule has 0 N–H and O–H groups in total. The molecule has 0 radical (unpaired) electrons. The molecule has 296 valence electrons. The van der Waals surface area contributed by atoms with Crippen LogP contribution in [-0.4, -0.2) is 0 Å². The summed E-state index contributed by atoms with van der Waals surface area (Å²) >= 11 is 0. The van der Waals surface area contributed by atoms with E-state index in [1.54, 1.807) is 12.1 Å². The van der Waals surface area contributed by atoms with E-state index in [1.807, 2.05) is 30.3 Å². The Morgan fingerprint density at radius 2 is 0.984 bits per heavy atom. The monoisotopic (exact) mass is 819 g/mol. The van der Waals surface area contributed by atoms with Gasteiger partial charge in [0.1, 0.15) is 0 Å². The smallest absolute Gasteiger partial charge is 0.0725 e. The van der Waals surface area contributed by atoms with Crippen LogP contribution >= 0.6 is 0 Å². The Morgan fingerprint density at radius 1 is 0.397 bits per heavy atom. The Bertz CT molecular complexity index is 4320. The molecule has 1 spiro atoms. The fourth-order valence-corrected chi connectivity index (χ4v) is 10.6. The first-order valence-corrected chi connectivity index (χ1v) is 20.7. The van der Waals surface area contributed by atoms with Crippen LogP contribution in [0.4, 0.5) is 17.1 Å². The van der Waals surface area contributed by atoms with E-state index in [2.05, 4.69) is 97.1 Å². The Balaban J connectivity index is 1.08. The molecule has 0 amide bonds. The maximum atomic E-state index is 9.66. The van der Waals surface area contributed by atoms with Crippen LogP contribution in [0.5, 0.6) is 0 Å². The second kappa shape index (κ2) is 13.4. The van der Waals surface area contributed by atoms with E-state index in [0.717, 1.165) is 60.2 Å². The first kappa shape index (κ1) is 22.4. The third kappa shape index (κ3) is 4.94. The molecule has 1 nitrogen and oxygen atoms in total. The van der Waals surface area contributed by atoms with Crippen LogP contribution in [0.2, 0.25) is 0 Å². The third-order valence-corrected chi connectivity index (χ3v) is 13.1. The fraction of sp³-hybridized carbons (Fsp3) is 0.0645. The van der Waals surface area contributed by atoms with Crippen molar-refractivity contribution in [1.29, 1.82) is 0 Å². The summed E-state index contributed by atoms with van der Waals surface area (Å²) in [4.78, 5) is 1.01. The zero-order valence-corrected chi connectivity index (χ0v) is 33.4. The second-order valence-corrected chi connectivity index (χ2v) is 16.2. The molecular weight excluding hydrogens is 759 g/mol. The lowest BCUT2D eigenvalue weighted by molar-refractivity contribution is 0.660. The number of anilines is 3. The van der Waals surface area contributed by atoms with E-state index in [9.17, 15) is 8.22 Å². The Morgan fingerprint density at radius 3 is 1.70 bits per heavy atom. The normalized spacial score (nSPS) is 18.6. The van der Waals surface area contributed by atoms with Gasteiger partial charge in [-0.2, -0.15) is 0 Å². The lowest BCUT2D eigenvalue weighted by Crippen LogP contribution is -2.25. The average Bonchev–Trinajstić information content (AvgIpc) is 1.94. The third-order valence-electron chi connectivity index (χ3n) is 13.1. The van der Waals surface area contributed by atoms with Crippen LogP contribution in [0.25, 0.3) is 66.4 Å². The summed E-state index contributed by atoms with van der Waals surface area (Å²) in [6.45, 7) is -7.43. The minimum Gasteiger partial charge on any atom is -0.310 e. The van der Waals surface area contributed by atoms with Gasteiger partial charge >= 0.3 is 0 Å². The van der Waals surface area contributed by atoms with Gasteiger partial charge in [0.15, 0.2) is 0 Å². The summed E-state index contributed by atoms with van der Waals surface area (Å²) in [5.41, 5.74) is 3.87. The van der Waals surface area contributed by atoms with Gasteiger partial charge in [-0.3, -0.25) is 0 Å². The van der Waals surface area contributed by atoms with Gasteiger partial charge < -0.3 is 4.90 Å². The van der Waals surface area contributed by atoms with Gasteiger partial charge in [0, 0.05) is 30.6 Å². The Labute approximate surface area is 394 Å². The lowest BCUT2D eigenvalue weighted by Gasteiger charge is -2.31. The van der Waals surface area contributed by atoms with Crippen LogP contribution in [0.1, 0.15) is 71.8 Å². The van der Waals surface area contributed by atoms with E-state index in [-0.39, 0.29) is 5.69 Å². The van der Waals surface area contributed by atoms with Crippen molar-refractivity contribution in [3.05, 3.63) is 258 Å². The molecule has 13 rings (SSSR count). The van der Waals surface area contributed by atoms with Gasteiger partial charge in [-0.25, -0.2) is 0 Å². The van der Waals surface area contributed by atoms with Gasteiger partial charge in [-0.05, 0) is 131 Å². The molecule has 0 atom stereocenters. The van der Waals surface area contributed by atoms with Gasteiger partial charge in [0.05, 0.1) is 27.6 Å². The maximum absolute atomic E-state index is 9.66. The molecule has 0 saturated carbocycles. The summed E-state index contributed by atoms with van der Waals surface area (Å²) in [6.07, 6.45) is 0. The summed E-state index contributed by atoms with van der Waals surface area (Å²) in [5.74, 6) is 0. The van der Waals surface area contributed by atoms with E-state index in [0.29, 0.717) is 5.56 Å². The van der Waals surface area contributed by atoms with Crippen molar-refractivity contribution < 1.29 is 24.7 Å². The van der Waals surface area contributed by atoms with E-state index in [4.69, 9.17) is 16.4 Å². The van der Waals surface area contributed by atoms with E-state index in [1.165, 1.54) is 28.8 Å². The minimum atomic E-state index is -3.71. The summed E-state index contributed by atoms with van der Waals surface area (Å²) in [7, 11) is 0. The predicted molar refractivity (Wildman–Crippen MR) is 263 cm³/mol. The molecule has 10 aromatic rings. The number of hydrogen-bond acceptors (Lipinski definition) is 1. The molecule has 3 aliphatic carbocycles. The summed E-state index contributed by atoms with van der Waals surface area (Å²) < 4.78 is 163. The standard InChI is InChI=1S/C62H43N/c1-61(2)52-25-12-11-24-51(52)60-56(61)29-16-30-58(60)63(43-18-4-3-5-19-43)44-35-31-41(32-36-44)46-37-33-40-17-6-7-20-45(40)59(46)42-34-38-50-49-23-10-15-28-55(49)62(57(50)39-42)53-26-13-8-21-47(53)48-22-9-14-27-54(48)62/h3-39H,1-2H3/i1D3,2D3,3D,4D,5D,11D,12D,16D,18D,19D,24D,25D,29D,30D. The molecule has 0 aliphatic heterocycles. The molecule has 0 heterocycles. The van der Waals surface area contributed by atoms with Crippen molar-refractivity contribution in [2.75, 3.05) is 4.90 Å². The van der Waals surface area contributed by atoms with Crippen LogP contribution < -0.4 is 4.90 Å². The average molecular weight is 820 g/mol. The predicted octanol–water partition coefficient (Wildman–Crippen LogP) is 16.3. The highest BCUT2D eigenvalue weighted by molar-refractivity contribution is 6.06. The molecule has 0 bridgehead atoms.